The first-order valence-electron chi connectivity index (χ1n) is 9.74. The topological polar surface area (TPSA) is 120 Å². The molecule has 0 atom stereocenters. The van der Waals surface area contributed by atoms with Crippen LogP contribution in [-0.4, -0.2) is 39.7 Å². The summed E-state index contributed by atoms with van der Waals surface area (Å²) in [6.45, 7) is 5.47. The lowest BCUT2D eigenvalue weighted by molar-refractivity contribution is -0.385. The summed E-state index contributed by atoms with van der Waals surface area (Å²) in [6, 6.07) is 6.96. The molecule has 1 N–H and O–H groups in total. The summed E-state index contributed by atoms with van der Waals surface area (Å²) < 4.78 is 10.5. The van der Waals surface area contributed by atoms with Gasteiger partial charge in [0.2, 0.25) is 11.1 Å². The molecule has 0 aliphatic heterocycles. The first-order valence-corrected chi connectivity index (χ1v) is 10.1. The van der Waals surface area contributed by atoms with Crippen LogP contribution in [0.3, 0.4) is 0 Å². The van der Waals surface area contributed by atoms with Crippen molar-refractivity contribution < 1.29 is 19.2 Å². The zero-order valence-electron chi connectivity index (χ0n) is 17.7. The molecule has 0 bridgehead atoms. The summed E-state index contributed by atoms with van der Waals surface area (Å²) >= 11 is 5.86. The number of nitrogens with zero attached hydrogens (tertiary/aromatic N) is 4. The molecule has 1 aromatic carbocycles. The van der Waals surface area contributed by atoms with Crippen LogP contribution < -0.4 is 15.0 Å². The van der Waals surface area contributed by atoms with Crippen molar-refractivity contribution in [2.45, 2.75) is 51.7 Å². The summed E-state index contributed by atoms with van der Waals surface area (Å²) in [6.07, 6.45) is 2.47. The molecule has 31 heavy (non-hydrogen) atoms. The Balaban J connectivity index is 1.86. The third-order valence-electron chi connectivity index (χ3n) is 4.64. The van der Waals surface area contributed by atoms with Crippen molar-refractivity contribution in [3.05, 3.63) is 39.7 Å². The van der Waals surface area contributed by atoms with Crippen LogP contribution >= 0.6 is 11.6 Å². The minimum Gasteiger partial charge on any atom is -0.476 e. The molecule has 3 rings (SSSR count). The van der Waals surface area contributed by atoms with E-state index in [0.29, 0.717) is 11.4 Å². The molecule has 0 radical (unpaired) electrons. The fourth-order valence-corrected chi connectivity index (χ4v) is 3.23. The molecule has 11 heteroatoms. The SMILES string of the molecule is COc1nc(Cl)nc(Nc2ccc(N(C(=O)OC(C)(C)C)C3CCC3)cc2)c1[N+](=O)[O-]. The van der Waals surface area contributed by atoms with E-state index >= 15 is 0 Å². The number of benzene rings is 1. The summed E-state index contributed by atoms with van der Waals surface area (Å²) in [4.78, 5) is 32.9. The highest BCUT2D eigenvalue weighted by Crippen LogP contribution is 2.36. The summed E-state index contributed by atoms with van der Waals surface area (Å²) in [7, 11) is 1.26. The number of aromatic nitrogens is 2. The highest BCUT2D eigenvalue weighted by atomic mass is 35.5. The zero-order chi connectivity index (χ0) is 22.8. The number of nitrogens with one attached hydrogen (secondary N) is 1. The van der Waals surface area contributed by atoms with Gasteiger partial charge >= 0.3 is 17.7 Å². The predicted octanol–water partition coefficient (Wildman–Crippen LogP) is 5.08. The smallest absolute Gasteiger partial charge is 0.415 e. The maximum atomic E-state index is 12.8. The number of anilines is 3. The molecule has 2 aromatic rings. The first kappa shape index (κ1) is 22.5. The minimum absolute atomic E-state index is 0.0830. The number of methoxy groups -OCH3 is 1. The van der Waals surface area contributed by atoms with E-state index in [0.717, 1.165) is 19.3 Å². The third-order valence-corrected chi connectivity index (χ3v) is 4.81. The van der Waals surface area contributed by atoms with Gasteiger partial charge in [-0.25, -0.2) is 4.79 Å². The average Bonchev–Trinajstić information content (AvgIpc) is 2.63. The van der Waals surface area contributed by atoms with Gasteiger partial charge < -0.3 is 14.8 Å². The lowest BCUT2D eigenvalue weighted by Crippen LogP contribution is -2.46. The number of carbonyl (C=O) groups is 1. The van der Waals surface area contributed by atoms with Gasteiger partial charge in [0, 0.05) is 17.4 Å². The van der Waals surface area contributed by atoms with Crippen LogP contribution in [0, 0.1) is 10.1 Å². The van der Waals surface area contributed by atoms with E-state index in [9.17, 15) is 14.9 Å². The van der Waals surface area contributed by atoms with Gasteiger partial charge in [-0.2, -0.15) is 9.97 Å². The van der Waals surface area contributed by atoms with Crippen molar-refractivity contribution in [1.82, 2.24) is 9.97 Å². The van der Waals surface area contributed by atoms with Crippen LogP contribution in [-0.2, 0) is 4.74 Å². The highest BCUT2D eigenvalue weighted by Gasteiger charge is 2.33. The Morgan fingerprint density at radius 3 is 2.39 bits per heavy atom. The van der Waals surface area contributed by atoms with Gasteiger partial charge in [0.1, 0.15) is 5.60 Å². The molecule has 1 aliphatic rings. The van der Waals surface area contributed by atoms with Crippen LogP contribution in [0.25, 0.3) is 0 Å². The summed E-state index contributed by atoms with van der Waals surface area (Å²) in [5, 5.41) is 14.1. The highest BCUT2D eigenvalue weighted by molar-refractivity contribution is 6.28. The van der Waals surface area contributed by atoms with Crippen molar-refractivity contribution in [1.29, 1.82) is 0 Å². The summed E-state index contributed by atoms with van der Waals surface area (Å²) in [5.74, 6) is -0.345. The normalized spacial score (nSPS) is 13.8. The molecule has 1 aromatic heterocycles. The van der Waals surface area contributed by atoms with Gasteiger partial charge in [-0.05, 0) is 75.9 Å². The molecule has 1 fully saturated rings. The van der Waals surface area contributed by atoms with Crippen LogP contribution in [0.4, 0.5) is 27.7 Å². The molecule has 0 saturated heterocycles. The molecule has 1 amide bonds. The molecule has 0 unspecified atom stereocenters. The monoisotopic (exact) mass is 449 g/mol. The molecule has 0 spiro atoms. The van der Waals surface area contributed by atoms with Gasteiger partial charge in [-0.15, -0.1) is 0 Å². The van der Waals surface area contributed by atoms with Gasteiger partial charge in [0.15, 0.2) is 0 Å². The number of rotatable bonds is 6. The van der Waals surface area contributed by atoms with Crippen molar-refractivity contribution in [2.75, 3.05) is 17.3 Å². The molecule has 1 aliphatic carbocycles. The van der Waals surface area contributed by atoms with Crippen LogP contribution in [0.5, 0.6) is 5.88 Å². The number of halogens is 1. The first-order chi connectivity index (χ1) is 14.6. The number of hydrogen-bond acceptors (Lipinski definition) is 8. The second kappa shape index (κ2) is 8.93. The molecule has 166 valence electrons. The second-order valence-electron chi connectivity index (χ2n) is 8.06. The molecule has 1 heterocycles. The Hall–Kier alpha value is -3.14. The number of ether oxygens (including phenoxy) is 2. The lowest BCUT2D eigenvalue weighted by atomic mass is 9.91. The van der Waals surface area contributed by atoms with E-state index in [1.54, 1.807) is 29.2 Å². The van der Waals surface area contributed by atoms with Crippen LogP contribution in [0.1, 0.15) is 40.0 Å². The van der Waals surface area contributed by atoms with E-state index in [4.69, 9.17) is 21.1 Å². The Bertz CT molecular complexity index is 973. The minimum atomic E-state index is -0.646. The third kappa shape index (κ3) is 5.32. The average molecular weight is 450 g/mol. The van der Waals surface area contributed by atoms with E-state index < -0.39 is 22.3 Å². The fraction of sp³-hybridized carbons (Fsp3) is 0.450. The van der Waals surface area contributed by atoms with Crippen molar-refractivity contribution in [3.63, 3.8) is 0 Å². The maximum absolute atomic E-state index is 12.8. The predicted molar refractivity (Wildman–Crippen MR) is 116 cm³/mol. The Labute approximate surface area is 184 Å². The van der Waals surface area contributed by atoms with Crippen molar-refractivity contribution >= 4 is 40.6 Å². The molecular formula is C20H24ClN5O5. The van der Waals surface area contributed by atoms with E-state index in [1.165, 1.54) is 7.11 Å². The quantitative estimate of drug-likeness (QED) is 0.368. The van der Waals surface area contributed by atoms with Crippen molar-refractivity contribution in [2.24, 2.45) is 0 Å². The number of nitro groups is 1. The zero-order valence-corrected chi connectivity index (χ0v) is 18.5. The van der Waals surface area contributed by atoms with Crippen LogP contribution in [0.15, 0.2) is 24.3 Å². The number of hydrogen-bond donors (Lipinski definition) is 1. The van der Waals surface area contributed by atoms with Crippen molar-refractivity contribution in [3.8, 4) is 5.88 Å². The van der Waals surface area contributed by atoms with Gasteiger partial charge in [0.05, 0.1) is 12.0 Å². The largest absolute Gasteiger partial charge is 0.476 e. The maximum Gasteiger partial charge on any atom is 0.415 e. The molecule has 10 nitrogen and oxygen atoms in total. The Morgan fingerprint density at radius 2 is 1.90 bits per heavy atom. The fourth-order valence-electron chi connectivity index (χ4n) is 3.07. The molecular weight excluding hydrogens is 426 g/mol. The molecule has 1 saturated carbocycles. The number of amides is 1. The van der Waals surface area contributed by atoms with E-state index in [1.807, 2.05) is 20.8 Å². The van der Waals surface area contributed by atoms with Crippen LogP contribution in [0.2, 0.25) is 5.28 Å². The van der Waals surface area contributed by atoms with E-state index in [-0.39, 0.29) is 23.0 Å². The van der Waals surface area contributed by atoms with E-state index in [2.05, 4.69) is 15.3 Å². The summed E-state index contributed by atoms with van der Waals surface area (Å²) in [5.41, 5.74) is 0.157. The standard InChI is InChI=1S/C20H24ClN5O5/c1-20(2,3)31-19(27)25(13-6-5-7-13)14-10-8-12(9-11-14)22-16-15(26(28)29)17(30-4)24-18(21)23-16/h8-11,13H,5-7H2,1-4H3,(H,22,23,24). The number of carbonyl (C=O) groups excluding carboxylic acids is 1. The Morgan fingerprint density at radius 1 is 1.26 bits per heavy atom. The van der Waals surface area contributed by atoms with Gasteiger partial charge in [-0.3, -0.25) is 15.0 Å². The second-order valence-corrected chi connectivity index (χ2v) is 8.40. The van der Waals surface area contributed by atoms with Gasteiger partial charge in [0.25, 0.3) is 0 Å². The Kier molecular flexibility index (Phi) is 6.49. The van der Waals surface area contributed by atoms with Gasteiger partial charge in [-0.1, -0.05) is 0 Å². The lowest BCUT2D eigenvalue weighted by Gasteiger charge is -2.38.